The number of hydrogen-bond donors (Lipinski definition) is 2. The molecule has 97 heavy (non-hydrogen) atoms. The molecule has 3 fully saturated rings. The SMILES string of the molecule is CC(C)(C)[Si](C)(C)Cl.CC(C)(C)[Si](C)(C)Oc1ccc([C@H]2Oc3ccc(O[Si](C)(C)C(C)(C)C)cc3[C@H]3CC(=O)CC[C@H]32)cc1.COCOc1ccc([C@H]2Oc3ccc(OCOC)cc3[C@H]3CC(=O)CC[C@H]32)cc1.O=C1CC[C@@H]2[C@H](C1)c1cc(O)ccc1O[C@@H]2c1ccc(O)cc1. The number of aromatic hydroxyl groups is 2. The fraction of sp³-hybridized carbons (Fsp3) is 0.506. The predicted octanol–water partition coefficient (Wildman–Crippen LogP) is 20.2. The van der Waals surface area contributed by atoms with Crippen LogP contribution in [-0.4, -0.2) is 79.4 Å². The first kappa shape index (κ1) is 74.6. The number of halogens is 1. The van der Waals surface area contributed by atoms with Gasteiger partial charge in [0, 0.05) is 105 Å². The third-order valence-corrected chi connectivity index (χ3v) is 35.7. The van der Waals surface area contributed by atoms with E-state index in [1.807, 2.05) is 60.7 Å². The minimum atomic E-state index is -1.97. The van der Waals surface area contributed by atoms with Crippen LogP contribution < -0.4 is 32.5 Å². The number of hydrogen-bond acceptors (Lipinski definition) is 14. The van der Waals surface area contributed by atoms with E-state index < -0.39 is 24.0 Å². The second-order valence-corrected chi connectivity index (χ2v) is 48.4. The molecule has 3 saturated carbocycles. The molecule has 2 N–H and O–H groups in total. The predicted molar refractivity (Wildman–Crippen MR) is 391 cm³/mol. The summed E-state index contributed by atoms with van der Waals surface area (Å²) in [5.41, 5.74) is 6.35. The lowest BCUT2D eigenvalue weighted by molar-refractivity contribution is -0.123. The maximum Gasteiger partial charge on any atom is 0.250 e. The van der Waals surface area contributed by atoms with E-state index in [0.29, 0.717) is 55.1 Å². The van der Waals surface area contributed by atoms with Gasteiger partial charge in [0.1, 0.15) is 87.4 Å². The summed E-state index contributed by atoms with van der Waals surface area (Å²) in [6, 6.07) is 40.6. The lowest BCUT2D eigenvalue weighted by atomic mass is 9.69. The van der Waals surface area contributed by atoms with Gasteiger partial charge in [0.15, 0.2) is 21.0 Å². The van der Waals surface area contributed by atoms with Crippen LogP contribution in [0.4, 0.5) is 0 Å². The van der Waals surface area contributed by atoms with E-state index >= 15 is 0 Å². The second kappa shape index (κ2) is 30.5. The van der Waals surface area contributed by atoms with Crippen molar-refractivity contribution >= 4 is 52.4 Å². The highest BCUT2D eigenvalue weighted by Crippen LogP contribution is 2.56. The monoisotopic (exact) mass is 1400 g/mol. The second-order valence-electron chi connectivity index (χ2n) is 31.7. The normalized spacial score (nSPS) is 22.8. The summed E-state index contributed by atoms with van der Waals surface area (Å²) >= 11 is 6.15. The highest BCUT2D eigenvalue weighted by molar-refractivity contribution is 7.20. The van der Waals surface area contributed by atoms with Crippen molar-refractivity contribution in [2.24, 2.45) is 17.8 Å². The van der Waals surface area contributed by atoms with Gasteiger partial charge in [-0.2, -0.15) is 11.1 Å². The summed E-state index contributed by atoms with van der Waals surface area (Å²) < 4.78 is 53.5. The van der Waals surface area contributed by atoms with Crippen LogP contribution in [0.2, 0.25) is 54.4 Å². The smallest absolute Gasteiger partial charge is 0.250 e. The number of Topliss-reactive ketones (excluding diaryl/α,β-unsaturated/α-hetero) is 3. The van der Waals surface area contributed by atoms with E-state index in [1.54, 1.807) is 44.6 Å². The first-order chi connectivity index (χ1) is 45.5. The number of ketones is 3. The number of phenols is 2. The quantitative estimate of drug-likeness (QED) is 0.0635. The summed E-state index contributed by atoms with van der Waals surface area (Å²) in [5.74, 6) is 8.15. The lowest BCUT2D eigenvalue weighted by Crippen LogP contribution is -2.44. The zero-order valence-corrected chi connectivity index (χ0v) is 64.0. The molecule has 3 heterocycles. The maximum atomic E-state index is 12.6. The molecule has 0 radical (unpaired) electrons. The number of fused-ring (bicyclic) bond motifs is 9. The lowest BCUT2D eigenvalue weighted by Gasteiger charge is -2.43. The van der Waals surface area contributed by atoms with Crippen LogP contribution in [-0.2, 0) is 23.9 Å². The molecule has 12 rings (SSSR count). The van der Waals surface area contributed by atoms with Crippen molar-refractivity contribution in [2.75, 3.05) is 27.8 Å². The summed E-state index contributed by atoms with van der Waals surface area (Å²) in [6.45, 7) is 34.0. The van der Waals surface area contributed by atoms with Crippen molar-refractivity contribution in [2.45, 2.75) is 211 Å². The summed E-state index contributed by atoms with van der Waals surface area (Å²) in [4.78, 5) is 36.8. The van der Waals surface area contributed by atoms with Gasteiger partial charge in [-0.3, -0.25) is 14.4 Å². The van der Waals surface area contributed by atoms with Crippen molar-refractivity contribution in [1.82, 2.24) is 0 Å². The molecule has 0 bridgehead atoms. The molecule has 3 aliphatic heterocycles. The molecule has 9 atom stereocenters. The van der Waals surface area contributed by atoms with Crippen LogP contribution in [0.25, 0.3) is 0 Å². The molecule has 0 spiro atoms. The Bertz CT molecular complexity index is 3670. The van der Waals surface area contributed by atoms with Crippen LogP contribution in [0, 0.1) is 17.8 Å². The van der Waals surface area contributed by atoms with Crippen LogP contribution in [0.5, 0.6) is 51.7 Å². The number of rotatable bonds is 13. The number of methoxy groups -OCH3 is 2. The molecular formula is C79H105ClO14Si3. The van der Waals surface area contributed by atoms with Crippen molar-refractivity contribution in [3.05, 3.63) is 161 Å². The molecule has 3 aliphatic carbocycles. The molecule has 6 aliphatic rings. The van der Waals surface area contributed by atoms with Crippen molar-refractivity contribution in [3.8, 4) is 51.7 Å². The van der Waals surface area contributed by atoms with E-state index in [1.165, 1.54) is 0 Å². The largest absolute Gasteiger partial charge is 0.544 e. The topological polar surface area (TPSA) is 175 Å². The number of carbonyl (C=O) groups excluding carboxylic acids is 3. The molecule has 0 unspecified atom stereocenters. The van der Waals surface area contributed by atoms with E-state index in [9.17, 15) is 24.6 Å². The van der Waals surface area contributed by atoms with Gasteiger partial charge < -0.3 is 52.2 Å². The standard InChI is InChI=1S/C31H46O4Si2.C23H26O6.C19H18O4.C6H15ClSi/c1-30(2,3)36(7,8)34-23-14-11-21(12-15-23)29-25-17-13-22(32)19-26(25)27-20-24(16-18-28(27)33-29)35-37(9,10)31(4,5)6;1-25-13-27-17-6-3-15(4-7-17)23-19-9-5-16(24)11-20(19)21-12-18(28-14-26-2)8-10-22(21)29-23;20-12-3-1-11(2-4-12)19-15-7-5-13(21)9-16(15)17-10-14(22)6-8-18(17)23-19;1-6(2,3)8(4,5)7/h11-12,14-16,18,20,25-26,29H,13,17,19H2,1-10H3;3-4,6-8,10,12,19-20,23H,5,9,11,13-14H2,1-2H3;1-4,6,8,10,15-16,19-20,22H,5,7,9H2;1-5H3/t25-,26+,29-;19-,20+,23-;15-,16+,19-;/m111./s1. The van der Waals surface area contributed by atoms with Crippen LogP contribution in [0.3, 0.4) is 0 Å². The van der Waals surface area contributed by atoms with E-state index in [0.717, 1.165) is 92.9 Å². The van der Waals surface area contributed by atoms with Crippen molar-refractivity contribution < 1.29 is 66.6 Å². The van der Waals surface area contributed by atoms with Crippen LogP contribution >= 0.6 is 11.1 Å². The average molecular weight is 1400 g/mol. The molecule has 14 nitrogen and oxygen atoms in total. The molecule has 6 aromatic rings. The van der Waals surface area contributed by atoms with E-state index in [-0.39, 0.29) is 94.8 Å². The number of carbonyl (C=O) groups is 3. The Morgan fingerprint density at radius 2 is 0.732 bits per heavy atom. The molecule has 0 amide bonds. The molecular weight excluding hydrogens is 1290 g/mol. The minimum Gasteiger partial charge on any atom is -0.544 e. The Labute approximate surface area is 584 Å². The summed E-state index contributed by atoms with van der Waals surface area (Å²) in [7, 11) is -2.06. The average Bonchev–Trinajstić information content (AvgIpc) is 0.785. The van der Waals surface area contributed by atoms with Gasteiger partial charge in [-0.25, -0.2) is 0 Å². The summed E-state index contributed by atoms with van der Waals surface area (Å²) in [5, 5.41) is 19.9. The number of benzene rings is 6. The third kappa shape index (κ3) is 18.1. The maximum absolute atomic E-state index is 12.6. The molecule has 0 saturated heterocycles. The highest BCUT2D eigenvalue weighted by Gasteiger charge is 2.47. The number of phenolic OH excluding ortho intramolecular Hbond substituents is 2. The van der Waals surface area contributed by atoms with Gasteiger partial charge in [0.25, 0.3) is 0 Å². The Kier molecular flexibility index (Phi) is 23.4. The third-order valence-electron chi connectivity index (χ3n) is 21.7. The van der Waals surface area contributed by atoms with Crippen molar-refractivity contribution in [3.63, 3.8) is 0 Å². The van der Waals surface area contributed by atoms with E-state index in [2.05, 4.69) is 138 Å². The van der Waals surface area contributed by atoms with Gasteiger partial charge >= 0.3 is 0 Å². The summed E-state index contributed by atoms with van der Waals surface area (Å²) in [6.07, 6.45) is 5.58. The first-order valence-corrected chi connectivity index (χ1v) is 44.3. The minimum absolute atomic E-state index is 0.0697. The molecule has 18 heteroatoms. The zero-order chi connectivity index (χ0) is 70.6. The van der Waals surface area contributed by atoms with E-state index in [4.69, 9.17) is 53.1 Å². The van der Waals surface area contributed by atoms with Gasteiger partial charge in [0.2, 0.25) is 16.6 Å². The van der Waals surface area contributed by atoms with Gasteiger partial charge in [-0.05, 0) is 168 Å². The zero-order valence-electron chi connectivity index (χ0n) is 60.3. The Hall–Kier alpha value is -6.61. The Balaban J connectivity index is 0.000000165. The fourth-order valence-corrected chi connectivity index (χ4v) is 15.1. The van der Waals surface area contributed by atoms with Crippen LogP contribution in [0.15, 0.2) is 127 Å². The molecule has 0 aromatic heterocycles. The highest BCUT2D eigenvalue weighted by atomic mass is 35.6. The molecule has 524 valence electrons. The van der Waals surface area contributed by atoms with Gasteiger partial charge in [0.05, 0.1) is 0 Å². The number of ether oxygens (including phenoxy) is 7. The first-order valence-electron chi connectivity index (χ1n) is 34.5. The van der Waals surface area contributed by atoms with Gasteiger partial charge in [-0.15, -0.1) is 0 Å². The Morgan fingerprint density at radius 3 is 1.11 bits per heavy atom. The van der Waals surface area contributed by atoms with Crippen LogP contribution in [0.1, 0.15) is 190 Å². The van der Waals surface area contributed by atoms with Crippen molar-refractivity contribution in [1.29, 1.82) is 0 Å². The van der Waals surface area contributed by atoms with Gasteiger partial charge in [-0.1, -0.05) is 112 Å². The fourth-order valence-electron chi connectivity index (χ4n) is 13.0. The molecule has 6 aromatic carbocycles. The Morgan fingerprint density at radius 1 is 0.423 bits per heavy atom.